The molecule has 29 heavy (non-hydrogen) atoms. The number of hydrogen-bond donors (Lipinski definition) is 0. The van der Waals surface area contributed by atoms with Crippen LogP contribution in [0.15, 0.2) is 29.2 Å². The minimum atomic E-state index is 0.0688. The molecule has 0 amide bonds. The largest absolute Gasteiger partial charge is 0.492 e. The van der Waals surface area contributed by atoms with Gasteiger partial charge in [0.25, 0.3) is 0 Å². The van der Waals surface area contributed by atoms with Gasteiger partial charge in [0, 0.05) is 49.6 Å². The van der Waals surface area contributed by atoms with E-state index in [1.807, 2.05) is 33.0 Å². The maximum absolute atomic E-state index is 12.3. The highest BCUT2D eigenvalue weighted by molar-refractivity contribution is 6.32. The van der Waals surface area contributed by atoms with Crippen LogP contribution < -0.4 is 10.2 Å². The number of aryl methyl sites for hydroxylation is 1. The van der Waals surface area contributed by atoms with Crippen molar-refractivity contribution in [2.45, 2.75) is 65.8 Å². The molecule has 1 aromatic carbocycles. The van der Waals surface area contributed by atoms with E-state index in [0.29, 0.717) is 30.0 Å². The van der Waals surface area contributed by atoms with Gasteiger partial charge in [0.05, 0.1) is 17.3 Å². The number of nitrogens with zero attached hydrogens (tertiary/aromatic N) is 1. The van der Waals surface area contributed by atoms with Crippen molar-refractivity contribution in [2.24, 2.45) is 0 Å². The Bertz CT molecular complexity index is 860. The van der Waals surface area contributed by atoms with Crippen LogP contribution in [0.3, 0.4) is 0 Å². The molecular formula is C24H34ClNO3. The summed E-state index contributed by atoms with van der Waals surface area (Å²) in [6.45, 7) is 9.32. The summed E-state index contributed by atoms with van der Waals surface area (Å²) in [7, 11) is 1.68. The number of hydrogen-bond acceptors (Lipinski definition) is 3. The molecule has 3 rings (SSSR count). The molecule has 1 aromatic heterocycles. The zero-order chi connectivity index (χ0) is 21.4. The second-order valence-corrected chi connectivity index (χ2v) is 7.66. The van der Waals surface area contributed by atoms with Crippen molar-refractivity contribution in [1.82, 2.24) is 4.57 Å². The highest BCUT2D eigenvalue weighted by Gasteiger charge is 2.25. The van der Waals surface area contributed by atoms with Crippen LogP contribution in [-0.4, -0.2) is 24.9 Å². The maximum atomic E-state index is 12.3. The van der Waals surface area contributed by atoms with Crippen LogP contribution >= 0.6 is 11.6 Å². The Hall–Kier alpha value is -1.78. The van der Waals surface area contributed by atoms with E-state index in [2.05, 4.69) is 17.6 Å². The molecule has 1 aliphatic rings. The van der Waals surface area contributed by atoms with E-state index < -0.39 is 0 Å². The molecule has 0 saturated carbocycles. The molecule has 2 aromatic rings. The molecule has 0 spiro atoms. The van der Waals surface area contributed by atoms with Crippen molar-refractivity contribution in [1.29, 1.82) is 0 Å². The van der Waals surface area contributed by atoms with E-state index >= 15 is 0 Å². The number of benzene rings is 1. The lowest BCUT2D eigenvalue weighted by molar-refractivity contribution is 0.172. The highest BCUT2D eigenvalue weighted by atomic mass is 35.5. The molecule has 1 aliphatic heterocycles. The Balaban J connectivity index is 0.00000145. The Morgan fingerprint density at radius 3 is 2.62 bits per heavy atom. The summed E-state index contributed by atoms with van der Waals surface area (Å²) in [5.41, 5.74) is 4.05. The van der Waals surface area contributed by atoms with Gasteiger partial charge in [0.1, 0.15) is 5.75 Å². The zero-order valence-electron chi connectivity index (χ0n) is 18.4. The first-order valence-corrected chi connectivity index (χ1v) is 11.1. The van der Waals surface area contributed by atoms with Crippen LogP contribution in [0.2, 0.25) is 5.02 Å². The van der Waals surface area contributed by atoms with Crippen molar-refractivity contribution in [3.8, 4) is 17.0 Å². The van der Waals surface area contributed by atoms with Gasteiger partial charge in [-0.05, 0) is 37.5 Å². The molecule has 5 heteroatoms. The number of unbranched alkanes of at least 4 members (excludes halogenated alkanes) is 1. The van der Waals surface area contributed by atoms with Gasteiger partial charge < -0.3 is 14.0 Å². The van der Waals surface area contributed by atoms with Gasteiger partial charge in [-0.2, -0.15) is 0 Å². The van der Waals surface area contributed by atoms with Crippen molar-refractivity contribution < 1.29 is 9.47 Å². The second-order valence-electron chi connectivity index (χ2n) is 7.25. The van der Waals surface area contributed by atoms with Gasteiger partial charge >= 0.3 is 0 Å². The van der Waals surface area contributed by atoms with E-state index in [4.69, 9.17) is 21.1 Å². The van der Waals surface area contributed by atoms with Crippen molar-refractivity contribution in [2.75, 3.05) is 20.3 Å². The average Bonchev–Trinajstić information content (AvgIpc) is 2.73. The molecule has 0 N–H and O–H groups in total. The average molecular weight is 420 g/mol. The van der Waals surface area contributed by atoms with E-state index in [0.717, 1.165) is 42.5 Å². The predicted octanol–water partition coefficient (Wildman–Crippen LogP) is 6.21. The molecule has 0 bridgehead atoms. The van der Waals surface area contributed by atoms with Gasteiger partial charge in [-0.1, -0.05) is 45.2 Å². The molecule has 160 valence electrons. The molecule has 0 radical (unpaired) electrons. The van der Waals surface area contributed by atoms with Gasteiger partial charge in [-0.15, -0.1) is 0 Å². The number of methoxy groups -OCH3 is 1. The molecule has 0 fully saturated rings. The Labute approximate surface area is 179 Å². The molecule has 1 unspecified atom stereocenters. The van der Waals surface area contributed by atoms with E-state index in [1.54, 1.807) is 13.2 Å². The third kappa shape index (κ3) is 5.64. The van der Waals surface area contributed by atoms with Gasteiger partial charge in [0.15, 0.2) is 5.43 Å². The van der Waals surface area contributed by atoms with E-state index in [9.17, 15) is 4.79 Å². The van der Waals surface area contributed by atoms with Gasteiger partial charge in [0.2, 0.25) is 0 Å². The molecule has 0 saturated heterocycles. The van der Waals surface area contributed by atoms with Gasteiger partial charge in [-0.3, -0.25) is 4.79 Å². The molecule has 1 atom stereocenters. The quantitative estimate of drug-likeness (QED) is 0.478. The summed E-state index contributed by atoms with van der Waals surface area (Å²) in [5.74, 6) is 0.712. The predicted molar refractivity (Wildman–Crippen MR) is 121 cm³/mol. The minimum absolute atomic E-state index is 0.0688. The number of aromatic nitrogens is 1. The highest BCUT2D eigenvalue weighted by Crippen LogP contribution is 2.41. The number of rotatable bonds is 8. The van der Waals surface area contributed by atoms with Crippen LogP contribution in [-0.2, 0) is 11.2 Å². The number of ether oxygens (including phenoxy) is 2. The van der Waals surface area contributed by atoms with E-state index in [-0.39, 0.29) is 5.43 Å². The second kappa shape index (κ2) is 11.4. The molecule has 2 heterocycles. The Morgan fingerprint density at radius 2 is 1.93 bits per heavy atom. The lowest BCUT2D eigenvalue weighted by Crippen LogP contribution is -2.23. The van der Waals surface area contributed by atoms with Crippen molar-refractivity contribution in [3.05, 3.63) is 50.8 Å². The molecule has 4 nitrogen and oxygen atoms in total. The van der Waals surface area contributed by atoms with Crippen LogP contribution in [0, 0.1) is 6.92 Å². The minimum Gasteiger partial charge on any atom is -0.492 e. The van der Waals surface area contributed by atoms with Crippen molar-refractivity contribution in [3.63, 3.8) is 0 Å². The van der Waals surface area contributed by atoms with Crippen molar-refractivity contribution >= 4 is 11.6 Å². The topological polar surface area (TPSA) is 40.5 Å². The van der Waals surface area contributed by atoms with Crippen LogP contribution in [0.1, 0.15) is 63.6 Å². The fraction of sp³-hybridized carbons (Fsp3) is 0.542. The summed E-state index contributed by atoms with van der Waals surface area (Å²) in [6.07, 6.45) is 7.17. The molecule has 0 aliphatic carbocycles. The number of halogens is 1. The lowest BCUT2D eigenvalue weighted by atomic mass is 9.90. The van der Waals surface area contributed by atoms with E-state index in [1.165, 1.54) is 12.0 Å². The van der Waals surface area contributed by atoms with Crippen LogP contribution in [0.4, 0.5) is 0 Å². The summed E-state index contributed by atoms with van der Waals surface area (Å²) in [4.78, 5) is 12.3. The third-order valence-corrected chi connectivity index (χ3v) is 5.49. The summed E-state index contributed by atoms with van der Waals surface area (Å²) >= 11 is 6.49. The number of pyridine rings is 1. The normalized spacial score (nSPS) is 14.5. The maximum Gasteiger partial charge on any atom is 0.185 e. The Morgan fingerprint density at radius 1 is 1.17 bits per heavy atom. The first-order chi connectivity index (χ1) is 14.0. The SMILES string of the molecule is CC.CCCCC1Cc2cc(OCCCOC)c(Cl)cc2-c2cc(=O)c(C)cn21. The summed E-state index contributed by atoms with van der Waals surface area (Å²) in [6, 6.07) is 6.10. The summed E-state index contributed by atoms with van der Waals surface area (Å²) in [5, 5.41) is 0.581. The Kier molecular flexibility index (Phi) is 9.25. The standard InChI is InChI=1S/C22H28ClNO3.C2H6/c1-4-5-7-17-10-16-11-22(27-9-6-8-26-3)19(23)12-18(16)20-13-21(25)15(2)14-24(17)20;1-2/h11-14,17H,4-10H2,1-3H3;1-2H3. The molecular weight excluding hydrogens is 386 g/mol. The summed E-state index contributed by atoms with van der Waals surface area (Å²) < 4.78 is 13.2. The first kappa shape index (κ1) is 23.5. The fourth-order valence-electron chi connectivity index (χ4n) is 3.71. The van der Waals surface area contributed by atoms with Crippen LogP contribution in [0.25, 0.3) is 11.3 Å². The smallest absolute Gasteiger partial charge is 0.185 e. The van der Waals surface area contributed by atoms with Gasteiger partial charge in [-0.25, -0.2) is 0 Å². The van der Waals surface area contributed by atoms with Crippen LogP contribution in [0.5, 0.6) is 5.75 Å². The number of fused-ring (bicyclic) bond motifs is 3. The lowest BCUT2D eigenvalue weighted by Gasteiger charge is -2.31. The fourth-order valence-corrected chi connectivity index (χ4v) is 3.92. The third-order valence-electron chi connectivity index (χ3n) is 5.19. The zero-order valence-corrected chi connectivity index (χ0v) is 19.1. The first-order valence-electron chi connectivity index (χ1n) is 10.7. The monoisotopic (exact) mass is 419 g/mol.